The topological polar surface area (TPSA) is 46.2 Å². The van der Waals surface area contributed by atoms with Gasteiger partial charge in [0.2, 0.25) is 5.91 Å². The summed E-state index contributed by atoms with van der Waals surface area (Å²) in [6.07, 6.45) is 0.360. The van der Waals surface area contributed by atoms with E-state index >= 15 is 0 Å². The quantitative estimate of drug-likeness (QED) is 0.865. The molecule has 1 N–H and O–H groups in total. The lowest BCUT2D eigenvalue weighted by Gasteiger charge is -2.05. The Morgan fingerprint density at radius 2 is 1.80 bits per heavy atom. The van der Waals surface area contributed by atoms with Crippen LogP contribution in [0.2, 0.25) is 0 Å². The predicted molar refractivity (Wildman–Crippen MR) is 82.9 cm³/mol. The van der Waals surface area contributed by atoms with Gasteiger partial charge in [0.25, 0.3) is 0 Å². The molecular weight excluding hydrogens is 318 g/mol. The highest BCUT2D eigenvalue weighted by Crippen LogP contribution is 2.15. The minimum atomic E-state index is -0.127. The van der Waals surface area contributed by atoms with Crippen LogP contribution >= 0.6 is 15.9 Å². The maximum absolute atomic E-state index is 12.2. The van der Waals surface area contributed by atoms with E-state index in [9.17, 15) is 9.59 Å². The molecule has 2 rings (SSSR count). The molecule has 0 unspecified atom stereocenters. The van der Waals surface area contributed by atoms with E-state index in [1.165, 1.54) is 6.92 Å². The number of rotatable bonds is 4. The summed E-state index contributed by atoms with van der Waals surface area (Å²) in [6, 6.07) is 14.6. The fraction of sp³-hybridized carbons (Fsp3) is 0.125. The first-order valence-electron chi connectivity index (χ1n) is 6.20. The molecule has 0 bridgehead atoms. The van der Waals surface area contributed by atoms with Crippen LogP contribution in [-0.4, -0.2) is 11.7 Å². The van der Waals surface area contributed by atoms with Crippen LogP contribution in [-0.2, 0) is 11.2 Å². The van der Waals surface area contributed by atoms with Crippen molar-refractivity contribution in [2.75, 3.05) is 5.32 Å². The van der Waals surface area contributed by atoms with E-state index in [1.54, 1.807) is 24.3 Å². The van der Waals surface area contributed by atoms with Crippen molar-refractivity contribution in [3.05, 3.63) is 64.1 Å². The molecule has 0 aromatic heterocycles. The van der Waals surface area contributed by atoms with Gasteiger partial charge in [0.1, 0.15) is 0 Å². The summed E-state index contributed by atoms with van der Waals surface area (Å²) in [5.74, 6) is -0.0734. The highest BCUT2D eigenvalue weighted by atomic mass is 79.9. The van der Waals surface area contributed by atoms with Gasteiger partial charge in [-0.2, -0.15) is 0 Å². The maximum atomic E-state index is 12.2. The van der Waals surface area contributed by atoms with Crippen LogP contribution < -0.4 is 5.32 Å². The predicted octanol–water partition coefficient (Wildman–Crippen LogP) is 3.83. The van der Waals surface area contributed by atoms with Gasteiger partial charge < -0.3 is 5.32 Å². The zero-order valence-corrected chi connectivity index (χ0v) is 12.6. The van der Waals surface area contributed by atoms with E-state index < -0.39 is 0 Å². The van der Waals surface area contributed by atoms with E-state index in [2.05, 4.69) is 21.2 Å². The molecule has 0 radical (unpaired) electrons. The molecular formula is C16H14BrNO2. The number of hydrogen-bond donors (Lipinski definition) is 1. The summed E-state index contributed by atoms with van der Waals surface area (Å²) < 4.78 is 0.962. The number of hydrogen-bond acceptors (Lipinski definition) is 2. The number of Topliss-reactive ketones (excluding diaryl/α,β-unsaturated/α-hetero) is 1. The van der Waals surface area contributed by atoms with E-state index in [4.69, 9.17) is 0 Å². The third kappa shape index (κ3) is 4.03. The molecule has 0 aliphatic carbocycles. The fourth-order valence-electron chi connectivity index (χ4n) is 1.88. The Labute approximate surface area is 126 Å². The molecule has 0 aliphatic rings. The largest absolute Gasteiger partial charge is 0.326 e. The van der Waals surface area contributed by atoms with Gasteiger partial charge in [-0.3, -0.25) is 9.59 Å². The standard InChI is InChI=1S/C16H14BrNO2/c1-11(19)18-15-7-5-13(6-8-15)16(20)10-12-3-2-4-14(17)9-12/h2-9H,10H2,1H3,(H,18,19). The Morgan fingerprint density at radius 1 is 1.10 bits per heavy atom. The van der Waals surface area contributed by atoms with Gasteiger partial charge in [-0.05, 0) is 42.0 Å². The highest BCUT2D eigenvalue weighted by Gasteiger charge is 2.07. The van der Waals surface area contributed by atoms with E-state index in [0.717, 1.165) is 10.0 Å². The molecule has 1 amide bonds. The van der Waals surface area contributed by atoms with Gasteiger partial charge in [0.05, 0.1) is 0 Å². The van der Waals surface area contributed by atoms with Crippen molar-refractivity contribution in [3.63, 3.8) is 0 Å². The van der Waals surface area contributed by atoms with E-state index in [1.807, 2.05) is 24.3 Å². The highest BCUT2D eigenvalue weighted by molar-refractivity contribution is 9.10. The van der Waals surface area contributed by atoms with Gasteiger partial charge in [-0.1, -0.05) is 28.1 Å². The number of anilines is 1. The third-order valence-corrected chi connectivity index (χ3v) is 3.27. The lowest BCUT2D eigenvalue weighted by molar-refractivity contribution is -0.114. The molecule has 0 aliphatic heterocycles. The van der Waals surface area contributed by atoms with Gasteiger partial charge >= 0.3 is 0 Å². The first-order valence-corrected chi connectivity index (χ1v) is 6.99. The number of ketones is 1. The SMILES string of the molecule is CC(=O)Nc1ccc(C(=O)Cc2cccc(Br)c2)cc1. The second-order valence-electron chi connectivity index (χ2n) is 4.49. The van der Waals surface area contributed by atoms with Gasteiger partial charge in [-0.15, -0.1) is 0 Å². The average molecular weight is 332 g/mol. The van der Waals surface area contributed by atoms with Crippen molar-refractivity contribution >= 4 is 33.3 Å². The smallest absolute Gasteiger partial charge is 0.221 e. The summed E-state index contributed by atoms with van der Waals surface area (Å²) in [5, 5.41) is 2.67. The van der Waals surface area contributed by atoms with Crippen molar-refractivity contribution in [1.82, 2.24) is 0 Å². The molecule has 0 saturated carbocycles. The summed E-state index contributed by atoms with van der Waals surface area (Å²) in [7, 11) is 0. The van der Waals surface area contributed by atoms with E-state index in [0.29, 0.717) is 17.7 Å². The third-order valence-electron chi connectivity index (χ3n) is 2.78. The fourth-order valence-corrected chi connectivity index (χ4v) is 2.32. The Hall–Kier alpha value is -1.94. The first-order chi connectivity index (χ1) is 9.54. The van der Waals surface area contributed by atoms with Crippen LogP contribution in [0.15, 0.2) is 53.0 Å². The van der Waals surface area contributed by atoms with Gasteiger partial charge in [0, 0.05) is 29.1 Å². The minimum absolute atomic E-state index is 0.0532. The molecule has 2 aromatic rings. The van der Waals surface area contributed by atoms with Crippen LogP contribution in [0.3, 0.4) is 0 Å². The normalized spacial score (nSPS) is 10.1. The Kier molecular flexibility index (Phi) is 4.69. The zero-order valence-electron chi connectivity index (χ0n) is 11.0. The average Bonchev–Trinajstić information content (AvgIpc) is 2.38. The molecule has 2 aromatic carbocycles. The lowest BCUT2D eigenvalue weighted by atomic mass is 10.0. The Balaban J connectivity index is 2.07. The van der Waals surface area contributed by atoms with Crippen LogP contribution in [0.5, 0.6) is 0 Å². The van der Waals surface area contributed by atoms with Crippen molar-refractivity contribution in [1.29, 1.82) is 0 Å². The number of carbonyl (C=O) groups is 2. The van der Waals surface area contributed by atoms with Crippen LogP contribution in [0, 0.1) is 0 Å². The van der Waals surface area contributed by atoms with Gasteiger partial charge in [-0.25, -0.2) is 0 Å². The Bertz CT molecular complexity index is 635. The molecule has 0 saturated heterocycles. The zero-order chi connectivity index (χ0) is 14.5. The molecule has 20 heavy (non-hydrogen) atoms. The van der Waals surface area contributed by atoms with E-state index in [-0.39, 0.29) is 11.7 Å². The molecule has 102 valence electrons. The molecule has 0 fully saturated rings. The summed E-state index contributed by atoms with van der Waals surface area (Å²) in [4.78, 5) is 23.1. The van der Waals surface area contributed by atoms with Crippen LogP contribution in [0.25, 0.3) is 0 Å². The molecule has 0 atom stereocenters. The minimum Gasteiger partial charge on any atom is -0.326 e. The number of nitrogens with one attached hydrogen (secondary N) is 1. The summed E-state index contributed by atoms with van der Waals surface area (Å²) in [5.41, 5.74) is 2.30. The molecule has 0 heterocycles. The molecule has 4 heteroatoms. The summed E-state index contributed by atoms with van der Waals surface area (Å²) in [6.45, 7) is 1.45. The molecule has 0 spiro atoms. The van der Waals surface area contributed by atoms with Crippen molar-refractivity contribution in [2.24, 2.45) is 0 Å². The van der Waals surface area contributed by atoms with Gasteiger partial charge in [0.15, 0.2) is 5.78 Å². The number of amides is 1. The van der Waals surface area contributed by atoms with Crippen molar-refractivity contribution in [3.8, 4) is 0 Å². The molecule has 3 nitrogen and oxygen atoms in total. The van der Waals surface area contributed by atoms with Crippen LogP contribution in [0.4, 0.5) is 5.69 Å². The summed E-state index contributed by atoms with van der Waals surface area (Å²) >= 11 is 3.39. The monoisotopic (exact) mass is 331 g/mol. The van der Waals surface area contributed by atoms with Crippen molar-refractivity contribution in [2.45, 2.75) is 13.3 Å². The van der Waals surface area contributed by atoms with Crippen LogP contribution in [0.1, 0.15) is 22.8 Å². The maximum Gasteiger partial charge on any atom is 0.221 e. The first kappa shape index (κ1) is 14.5. The van der Waals surface area contributed by atoms with Crippen molar-refractivity contribution < 1.29 is 9.59 Å². The number of carbonyl (C=O) groups excluding carboxylic acids is 2. The number of halogens is 1. The second-order valence-corrected chi connectivity index (χ2v) is 5.40. The lowest BCUT2D eigenvalue weighted by Crippen LogP contribution is -2.07. The Morgan fingerprint density at radius 3 is 2.40 bits per heavy atom. The number of benzene rings is 2. The second kappa shape index (κ2) is 6.48.